The number of nitrogens with one attached hydrogen (secondary N) is 1. The van der Waals surface area contributed by atoms with Crippen molar-refractivity contribution < 1.29 is 9.59 Å². The van der Waals surface area contributed by atoms with Gasteiger partial charge in [0.2, 0.25) is 12.0 Å². The molecule has 4 nitrogen and oxygen atoms in total. The van der Waals surface area contributed by atoms with E-state index < -0.39 is 0 Å². The molecule has 0 radical (unpaired) electrons. The molecule has 1 N–H and O–H groups in total. The van der Waals surface area contributed by atoms with Crippen LogP contribution in [0.4, 0.5) is 11.4 Å². The Morgan fingerprint density at radius 1 is 1.53 bits per heavy atom. The van der Waals surface area contributed by atoms with E-state index in [-0.39, 0.29) is 11.8 Å². The molecule has 0 aliphatic heterocycles. The number of aliphatic imine (C=N–C) groups is 1. The van der Waals surface area contributed by atoms with Crippen LogP contribution in [0.15, 0.2) is 23.2 Å². The Kier molecular flexibility index (Phi) is 4.61. The molecule has 0 spiro atoms. The Balaban J connectivity index is 2.93. The van der Waals surface area contributed by atoms with Crippen molar-refractivity contribution in [2.45, 2.75) is 27.2 Å². The Morgan fingerprint density at radius 2 is 2.24 bits per heavy atom. The summed E-state index contributed by atoms with van der Waals surface area (Å²) in [6.07, 6.45) is 2.27. The van der Waals surface area contributed by atoms with Crippen molar-refractivity contribution in [1.82, 2.24) is 0 Å². The van der Waals surface area contributed by atoms with E-state index in [4.69, 9.17) is 0 Å². The summed E-state index contributed by atoms with van der Waals surface area (Å²) in [6.45, 7) is 5.73. The topological polar surface area (TPSA) is 58.5 Å². The molecule has 0 saturated heterocycles. The molecule has 0 heterocycles. The molecular weight excluding hydrogens is 216 g/mol. The van der Waals surface area contributed by atoms with Crippen LogP contribution in [0.3, 0.4) is 0 Å². The fraction of sp³-hybridized carbons (Fsp3) is 0.385. The zero-order chi connectivity index (χ0) is 12.8. The summed E-state index contributed by atoms with van der Waals surface area (Å²) in [5.41, 5.74) is 2.11. The predicted octanol–water partition coefficient (Wildman–Crippen LogP) is 2.95. The molecule has 17 heavy (non-hydrogen) atoms. The van der Waals surface area contributed by atoms with E-state index in [1.165, 1.54) is 6.08 Å². The molecule has 0 saturated carbocycles. The Hall–Kier alpha value is -1.93. The molecule has 1 unspecified atom stereocenters. The van der Waals surface area contributed by atoms with Crippen molar-refractivity contribution in [1.29, 1.82) is 0 Å². The van der Waals surface area contributed by atoms with Gasteiger partial charge in [0, 0.05) is 11.6 Å². The van der Waals surface area contributed by atoms with Crippen LogP contribution in [0.2, 0.25) is 0 Å². The van der Waals surface area contributed by atoms with Gasteiger partial charge in [-0.05, 0) is 31.0 Å². The van der Waals surface area contributed by atoms with E-state index in [2.05, 4.69) is 10.3 Å². The molecule has 4 heteroatoms. The van der Waals surface area contributed by atoms with Gasteiger partial charge in [0.15, 0.2) is 0 Å². The zero-order valence-corrected chi connectivity index (χ0v) is 10.3. The molecule has 0 aliphatic carbocycles. The normalized spacial score (nSPS) is 11.5. The second kappa shape index (κ2) is 5.97. The monoisotopic (exact) mass is 232 g/mol. The third-order valence-corrected chi connectivity index (χ3v) is 2.71. The number of hydrogen-bond acceptors (Lipinski definition) is 3. The summed E-state index contributed by atoms with van der Waals surface area (Å²) in [6, 6.07) is 5.18. The minimum atomic E-state index is -0.0346. The second-order valence-corrected chi connectivity index (χ2v) is 4.00. The quantitative estimate of drug-likeness (QED) is 0.641. The van der Waals surface area contributed by atoms with Crippen LogP contribution in [0, 0.1) is 12.8 Å². The number of rotatable bonds is 4. The minimum Gasteiger partial charge on any atom is -0.326 e. The first-order valence-electron chi connectivity index (χ1n) is 5.57. The summed E-state index contributed by atoms with van der Waals surface area (Å²) >= 11 is 0. The zero-order valence-electron chi connectivity index (χ0n) is 10.3. The van der Waals surface area contributed by atoms with Crippen LogP contribution in [-0.2, 0) is 9.59 Å². The molecule has 0 aliphatic rings. The molecule has 1 aromatic rings. The van der Waals surface area contributed by atoms with Gasteiger partial charge in [0.1, 0.15) is 0 Å². The molecule has 1 atom stereocenters. The SMILES string of the molecule is CCC(C)C(=O)Nc1cc(N=C=O)ccc1C. The predicted molar refractivity (Wildman–Crippen MR) is 67.0 cm³/mol. The summed E-state index contributed by atoms with van der Waals surface area (Å²) in [5.74, 6) is -0.0598. The average molecular weight is 232 g/mol. The lowest BCUT2D eigenvalue weighted by Gasteiger charge is -2.12. The Morgan fingerprint density at radius 3 is 2.82 bits per heavy atom. The lowest BCUT2D eigenvalue weighted by molar-refractivity contribution is -0.119. The lowest BCUT2D eigenvalue weighted by atomic mass is 10.1. The number of carbonyl (C=O) groups is 1. The highest BCUT2D eigenvalue weighted by molar-refractivity contribution is 5.93. The number of hydrogen-bond donors (Lipinski definition) is 1. The third-order valence-electron chi connectivity index (χ3n) is 2.71. The van der Waals surface area contributed by atoms with Gasteiger partial charge in [-0.1, -0.05) is 19.9 Å². The smallest absolute Gasteiger partial charge is 0.240 e. The largest absolute Gasteiger partial charge is 0.326 e. The molecule has 1 aromatic carbocycles. The first kappa shape index (κ1) is 13.1. The van der Waals surface area contributed by atoms with E-state index in [0.29, 0.717) is 11.4 Å². The maximum atomic E-state index is 11.7. The molecule has 1 amide bonds. The number of nitrogens with zero attached hydrogens (tertiary/aromatic N) is 1. The van der Waals surface area contributed by atoms with Crippen molar-refractivity contribution in [3.8, 4) is 0 Å². The number of anilines is 1. The van der Waals surface area contributed by atoms with E-state index in [9.17, 15) is 9.59 Å². The molecule has 90 valence electrons. The van der Waals surface area contributed by atoms with Gasteiger partial charge in [-0.2, -0.15) is 4.99 Å². The lowest BCUT2D eigenvalue weighted by Crippen LogP contribution is -2.20. The summed E-state index contributed by atoms with van der Waals surface area (Å²) in [5, 5.41) is 2.83. The molecule has 1 rings (SSSR count). The summed E-state index contributed by atoms with van der Waals surface area (Å²) < 4.78 is 0. The van der Waals surface area contributed by atoms with E-state index in [0.717, 1.165) is 12.0 Å². The van der Waals surface area contributed by atoms with Gasteiger partial charge in [0.05, 0.1) is 5.69 Å². The Labute approximate surface area is 101 Å². The van der Waals surface area contributed by atoms with Gasteiger partial charge >= 0.3 is 0 Å². The van der Waals surface area contributed by atoms with Gasteiger partial charge in [-0.15, -0.1) is 0 Å². The Bertz CT molecular complexity index is 462. The summed E-state index contributed by atoms with van der Waals surface area (Å²) in [7, 11) is 0. The third kappa shape index (κ3) is 3.54. The van der Waals surface area contributed by atoms with Crippen LogP contribution < -0.4 is 5.32 Å². The van der Waals surface area contributed by atoms with E-state index in [1.807, 2.05) is 26.8 Å². The number of isocyanates is 1. The van der Waals surface area contributed by atoms with Crippen molar-refractivity contribution in [2.24, 2.45) is 10.9 Å². The minimum absolute atomic E-state index is 0.0252. The molecular formula is C13H16N2O2. The van der Waals surface area contributed by atoms with Crippen LogP contribution in [0.1, 0.15) is 25.8 Å². The van der Waals surface area contributed by atoms with Crippen LogP contribution >= 0.6 is 0 Å². The highest BCUT2D eigenvalue weighted by Crippen LogP contribution is 2.22. The van der Waals surface area contributed by atoms with Crippen LogP contribution in [0.25, 0.3) is 0 Å². The highest BCUT2D eigenvalue weighted by Gasteiger charge is 2.11. The summed E-state index contributed by atoms with van der Waals surface area (Å²) in [4.78, 5) is 25.4. The van der Waals surface area contributed by atoms with Gasteiger partial charge < -0.3 is 5.32 Å². The first-order valence-corrected chi connectivity index (χ1v) is 5.57. The van der Waals surface area contributed by atoms with Gasteiger partial charge in [-0.3, -0.25) is 4.79 Å². The number of carbonyl (C=O) groups excluding carboxylic acids is 2. The number of aryl methyl sites for hydroxylation is 1. The molecule has 0 bridgehead atoms. The van der Waals surface area contributed by atoms with E-state index in [1.54, 1.807) is 12.1 Å². The first-order chi connectivity index (χ1) is 8.08. The highest BCUT2D eigenvalue weighted by atomic mass is 16.1. The van der Waals surface area contributed by atoms with Crippen molar-refractivity contribution in [3.63, 3.8) is 0 Å². The van der Waals surface area contributed by atoms with Crippen molar-refractivity contribution >= 4 is 23.4 Å². The van der Waals surface area contributed by atoms with Gasteiger partial charge in [0.25, 0.3) is 0 Å². The number of amides is 1. The maximum absolute atomic E-state index is 11.7. The second-order valence-electron chi connectivity index (χ2n) is 4.00. The fourth-order valence-electron chi connectivity index (χ4n) is 1.31. The fourth-order valence-corrected chi connectivity index (χ4v) is 1.31. The van der Waals surface area contributed by atoms with Crippen molar-refractivity contribution in [2.75, 3.05) is 5.32 Å². The molecule has 0 aromatic heterocycles. The van der Waals surface area contributed by atoms with Crippen LogP contribution in [0.5, 0.6) is 0 Å². The number of benzene rings is 1. The van der Waals surface area contributed by atoms with Crippen molar-refractivity contribution in [3.05, 3.63) is 23.8 Å². The maximum Gasteiger partial charge on any atom is 0.240 e. The van der Waals surface area contributed by atoms with E-state index >= 15 is 0 Å². The average Bonchev–Trinajstić information content (AvgIpc) is 2.32. The molecule has 0 fully saturated rings. The van der Waals surface area contributed by atoms with Gasteiger partial charge in [-0.25, -0.2) is 4.79 Å². The standard InChI is InChI=1S/C13H16N2O2/c1-4-9(2)13(17)15-12-7-11(14-8-16)6-5-10(12)3/h5-7,9H,4H2,1-3H3,(H,15,17). The van der Waals surface area contributed by atoms with Crippen LogP contribution in [-0.4, -0.2) is 12.0 Å².